The van der Waals surface area contributed by atoms with Gasteiger partial charge in [-0.05, 0) is 63.1 Å². The van der Waals surface area contributed by atoms with Crippen molar-refractivity contribution in [2.45, 2.75) is 64.4 Å². The largest absolute Gasteiger partial charge is 0.497 e. The van der Waals surface area contributed by atoms with Crippen LogP contribution in [-0.2, 0) is 22.6 Å². The molecule has 2 aliphatic rings. The lowest BCUT2D eigenvalue weighted by Gasteiger charge is -2.42. The first-order valence-electron chi connectivity index (χ1n) is 13.8. The van der Waals surface area contributed by atoms with Gasteiger partial charge in [-0.3, -0.25) is 9.69 Å². The van der Waals surface area contributed by atoms with Crippen LogP contribution in [0.3, 0.4) is 0 Å². The highest BCUT2D eigenvalue weighted by Crippen LogP contribution is 2.42. The summed E-state index contributed by atoms with van der Waals surface area (Å²) >= 11 is 0. The number of nitrogens with zero attached hydrogens (tertiary/aromatic N) is 4. The lowest BCUT2D eigenvalue weighted by atomic mass is 9.85. The van der Waals surface area contributed by atoms with Crippen molar-refractivity contribution in [2.75, 3.05) is 33.4 Å². The Morgan fingerprint density at radius 1 is 1.00 bits per heavy atom. The number of rotatable bonds is 9. The highest BCUT2D eigenvalue weighted by atomic mass is 16.5. The van der Waals surface area contributed by atoms with Gasteiger partial charge in [-0.2, -0.15) is 0 Å². The quantitative estimate of drug-likeness (QED) is 0.399. The second kappa shape index (κ2) is 11.4. The predicted octanol–water partition coefficient (Wildman–Crippen LogP) is 4.66. The van der Waals surface area contributed by atoms with Crippen LogP contribution in [0.2, 0.25) is 0 Å². The predicted molar refractivity (Wildman–Crippen MR) is 150 cm³/mol. The third-order valence-corrected chi connectivity index (χ3v) is 7.64. The van der Waals surface area contributed by atoms with E-state index in [9.17, 15) is 4.79 Å². The smallest absolute Gasteiger partial charge is 0.257 e. The molecule has 0 saturated carbocycles. The maximum Gasteiger partial charge on any atom is 0.257 e. The van der Waals surface area contributed by atoms with Crippen molar-refractivity contribution in [1.82, 2.24) is 19.4 Å². The molecule has 2 atom stereocenters. The minimum absolute atomic E-state index is 0.0387. The molecule has 8 heteroatoms. The first kappa shape index (κ1) is 27.2. The number of methoxy groups -OCH3 is 1. The molecule has 5 rings (SSSR count). The molecule has 3 heterocycles. The Labute approximate surface area is 231 Å². The van der Waals surface area contributed by atoms with E-state index in [-0.39, 0.29) is 17.9 Å². The monoisotopic (exact) mass is 532 g/mol. The molecular formula is C31H40N4O4. The van der Waals surface area contributed by atoms with Crippen LogP contribution in [0.15, 0.2) is 61.1 Å². The number of likely N-dealkylation sites (tertiary alicyclic amines) is 1. The number of ether oxygens (including phenoxy) is 3. The van der Waals surface area contributed by atoms with Crippen molar-refractivity contribution in [3.05, 3.63) is 77.9 Å². The normalized spacial score (nSPS) is 21.9. The van der Waals surface area contributed by atoms with Crippen LogP contribution in [0.5, 0.6) is 11.5 Å². The number of aromatic nitrogens is 2. The van der Waals surface area contributed by atoms with Crippen molar-refractivity contribution in [3.63, 3.8) is 0 Å². The van der Waals surface area contributed by atoms with Gasteiger partial charge < -0.3 is 23.7 Å². The second-order valence-corrected chi connectivity index (χ2v) is 11.2. The number of amides is 1. The Bertz CT molecular complexity index is 1250. The van der Waals surface area contributed by atoms with Gasteiger partial charge in [0.05, 0.1) is 37.8 Å². The van der Waals surface area contributed by atoms with E-state index in [1.807, 2.05) is 61.5 Å². The highest BCUT2D eigenvalue weighted by molar-refractivity contribution is 5.88. The summed E-state index contributed by atoms with van der Waals surface area (Å²) in [6, 6.07) is 16.4. The SMILES string of the molecule is COc1ccc(CN2CCO[C@]3(CN(Cc4ccc(OC(C)C)cc4)C[C@H]3c3cn(C(C)C)cn3)C2=O)cc1. The van der Waals surface area contributed by atoms with Crippen molar-refractivity contribution in [2.24, 2.45) is 0 Å². The molecule has 0 radical (unpaired) electrons. The maximum absolute atomic E-state index is 14.2. The Kier molecular flexibility index (Phi) is 7.96. The average Bonchev–Trinajstić information content (AvgIpc) is 3.54. The standard InChI is InChI=1S/C31H40N4O4/c1-22(2)35-19-29(32-21-35)28-18-33(16-24-8-12-27(13-9-24)39-23(3)4)20-31(28)30(36)34(14-15-38-31)17-25-6-10-26(37-5)11-7-25/h6-13,19,21-23,28H,14-18,20H2,1-5H3/t28-,31-/m0/s1. The third kappa shape index (κ3) is 5.82. The summed E-state index contributed by atoms with van der Waals surface area (Å²) in [5, 5.41) is 0. The number of imidazole rings is 1. The molecule has 1 spiro atoms. The molecule has 2 aliphatic heterocycles. The van der Waals surface area contributed by atoms with Gasteiger partial charge in [-0.1, -0.05) is 24.3 Å². The minimum atomic E-state index is -0.971. The van der Waals surface area contributed by atoms with Gasteiger partial charge in [-0.25, -0.2) is 4.98 Å². The Balaban J connectivity index is 1.40. The first-order valence-corrected chi connectivity index (χ1v) is 13.8. The lowest BCUT2D eigenvalue weighted by Crippen LogP contribution is -2.60. The van der Waals surface area contributed by atoms with Crippen molar-refractivity contribution in [1.29, 1.82) is 0 Å². The van der Waals surface area contributed by atoms with Gasteiger partial charge in [0.15, 0.2) is 5.60 Å². The zero-order valence-electron chi connectivity index (χ0n) is 23.7. The van der Waals surface area contributed by atoms with E-state index in [1.54, 1.807) is 7.11 Å². The van der Waals surface area contributed by atoms with Gasteiger partial charge in [-0.15, -0.1) is 0 Å². The average molecular weight is 533 g/mol. The van der Waals surface area contributed by atoms with Gasteiger partial charge in [0.25, 0.3) is 5.91 Å². The number of morpholine rings is 1. The molecule has 8 nitrogen and oxygen atoms in total. The van der Waals surface area contributed by atoms with Gasteiger partial charge >= 0.3 is 0 Å². The van der Waals surface area contributed by atoms with E-state index in [1.165, 1.54) is 5.56 Å². The first-order chi connectivity index (χ1) is 18.8. The molecular weight excluding hydrogens is 492 g/mol. The summed E-state index contributed by atoms with van der Waals surface area (Å²) in [6.45, 7) is 11.9. The molecule has 2 aromatic carbocycles. The van der Waals surface area contributed by atoms with E-state index < -0.39 is 5.60 Å². The fourth-order valence-electron chi connectivity index (χ4n) is 5.62. The topological polar surface area (TPSA) is 69.1 Å². The van der Waals surface area contributed by atoms with Crippen molar-refractivity contribution < 1.29 is 19.0 Å². The Morgan fingerprint density at radius 2 is 1.67 bits per heavy atom. The molecule has 0 aliphatic carbocycles. The van der Waals surface area contributed by atoms with Crippen LogP contribution in [0, 0.1) is 0 Å². The maximum atomic E-state index is 14.2. The molecule has 0 N–H and O–H groups in total. The van der Waals surface area contributed by atoms with E-state index >= 15 is 0 Å². The molecule has 208 valence electrons. The zero-order chi connectivity index (χ0) is 27.6. The van der Waals surface area contributed by atoms with E-state index in [0.29, 0.717) is 38.8 Å². The van der Waals surface area contributed by atoms with E-state index in [2.05, 4.69) is 41.6 Å². The second-order valence-electron chi connectivity index (χ2n) is 11.2. The lowest BCUT2D eigenvalue weighted by molar-refractivity contribution is -0.173. The number of hydrogen-bond donors (Lipinski definition) is 0. The molecule has 2 fully saturated rings. The van der Waals surface area contributed by atoms with Gasteiger partial charge in [0.1, 0.15) is 11.5 Å². The van der Waals surface area contributed by atoms with Crippen LogP contribution in [0.1, 0.15) is 56.5 Å². The minimum Gasteiger partial charge on any atom is -0.497 e. The molecule has 0 bridgehead atoms. The summed E-state index contributed by atoms with van der Waals surface area (Å²) in [7, 11) is 1.66. The summed E-state index contributed by atoms with van der Waals surface area (Å²) < 4.78 is 19.7. The van der Waals surface area contributed by atoms with Crippen LogP contribution >= 0.6 is 0 Å². The number of hydrogen-bond acceptors (Lipinski definition) is 6. The number of benzene rings is 2. The van der Waals surface area contributed by atoms with Crippen LogP contribution < -0.4 is 9.47 Å². The Hall–Kier alpha value is -3.36. The summed E-state index contributed by atoms with van der Waals surface area (Å²) in [5.41, 5.74) is 2.18. The van der Waals surface area contributed by atoms with Gasteiger partial charge in [0.2, 0.25) is 0 Å². The fraction of sp³-hybridized carbons (Fsp3) is 0.484. The molecule has 1 amide bonds. The molecule has 1 aromatic heterocycles. The van der Waals surface area contributed by atoms with Crippen molar-refractivity contribution in [3.8, 4) is 11.5 Å². The van der Waals surface area contributed by atoms with Gasteiger partial charge in [0, 0.05) is 45.0 Å². The molecule has 0 unspecified atom stereocenters. The van der Waals surface area contributed by atoms with Crippen LogP contribution in [0.25, 0.3) is 0 Å². The molecule has 3 aromatic rings. The molecule has 2 saturated heterocycles. The third-order valence-electron chi connectivity index (χ3n) is 7.64. The van der Waals surface area contributed by atoms with E-state index in [4.69, 9.17) is 19.2 Å². The summed E-state index contributed by atoms with van der Waals surface area (Å²) in [6.07, 6.45) is 4.08. The number of carbonyl (C=O) groups is 1. The van der Waals surface area contributed by atoms with Crippen molar-refractivity contribution >= 4 is 5.91 Å². The Morgan fingerprint density at radius 3 is 2.28 bits per heavy atom. The van der Waals surface area contributed by atoms with E-state index in [0.717, 1.165) is 29.3 Å². The van der Waals surface area contributed by atoms with Crippen LogP contribution in [-0.4, -0.2) is 70.3 Å². The molecule has 39 heavy (non-hydrogen) atoms. The number of carbonyl (C=O) groups excluding carboxylic acids is 1. The summed E-state index contributed by atoms with van der Waals surface area (Å²) in [5.74, 6) is 1.55. The fourth-order valence-corrected chi connectivity index (χ4v) is 5.62. The summed E-state index contributed by atoms with van der Waals surface area (Å²) in [4.78, 5) is 23.3. The highest BCUT2D eigenvalue weighted by Gasteiger charge is 2.57. The zero-order valence-corrected chi connectivity index (χ0v) is 23.7. The van der Waals surface area contributed by atoms with Crippen LogP contribution in [0.4, 0.5) is 0 Å².